The minimum atomic E-state index is 0.595. The lowest BCUT2D eigenvalue weighted by Crippen LogP contribution is -2.37. The van der Waals surface area contributed by atoms with Gasteiger partial charge in [0.05, 0.1) is 0 Å². The molecule has 106 valence electrons. The normalized spacial score (nSPS) is 25.5. The number of fused-ring (bicyclic) bond motifs is 1. The zero-order chi connectivity index (χ0) is 13.4. The van der Waals surface area contributed by atoms with E-state index < -0.39 is 0 Å². The van der Waals surface area contributed by atoms with Crippen LogP contribution in [0.15, 0.2) is 24.7 Å². The molecule has 5 nitrogen and oxygen atoms in total. The molecule has 5 heteroatoms. The minimum Gasteiger partial charge on any atom is -0.381 e. The second-order valence-corrected chi connectivity index (χ2v) is 5.79. The van der Waals surface area contributed by atoms with Gasteiger partial charge in [-0.25, -0.2) is 9.97 Å². The molecule has 1 atom stereocenters. The van der Waals surface area contributed by atoms with Gasteiger partial charge in [-0.1, -0.05) is 0 Å². The van der Waals surface area contributed by atoms with E-state index in [1.165, 1.54) is 31.5 Å². The van der Waals surface area contributed by atoms with Crippen molar-refractivity contribution in [2.24, 2.45) is 0 Å². The lowest BCUT2D eigenvalue weighted by molar-refractivity contribution is 0.0419. The fourth-order valence-corrected chi connectivity index (χ4v) is 3.60. The maximum atomic E-state index is 5.47. The molecule has 0 radical (unpaired) electrons. The Balaban J connectivity index is 1.54. The van der Waals surface area contributed by atoms with Crippen molar-refractivity contribution in [2.45, 2.75) is 31.2 Å². The number of imidazole rings is 1. The Labute approximate surface area is 118 Å². The summed E-state index contributed by atoms with van der Waals surface area (Å²) in [7, 11) is 0. The molecule has 0 bridgehead atoms. The Morgan fingerprint density at radius 3 is 2.85 bits per heavy atom. The summed E-state index contributed by atoms with van der Waals surface area (Å²) in [5, 5.41) is 0. The van der Waals surface area contributed by atoms with Crippen LogP contribution in [0.5, 0.6) is 0 Å². The van der Waals surface area contributed by atoms with Gasteiger partial charge in [0.25, 0.3) is 0 Å². The Bertz CT molecular complexity index is 590. The molecule has 4 heterocycles. The molecule has 4 rings (SSSR count). The maximum Gasteiger partial charge on any atom is 0.233 e. The van der Waals surface area contributed by atoms with Gasteiger partial charge in [0.2, 0.25) is 5.78 Å². The monoisotopic (exact) mass is 272 g/mol. The van der Waals surface area contributed by atoms with Crippen LogP contribution < -0.4 is 0 Å². The van der Waals surface area contributed by atoms with Gasteiger partial charge >= 0.3 is 0 Å². The topological polar surface area (TPSA) is 42.7 Å². The first kappa shape index (κ1) is 12.3. The largest absolute Gasteiger partial charge is 0.381 e. The molecule has 0 unspecified atom stereocenters. The number of aromatic nitrogens is 3. The molecule has 2 aliphatic rings. The van der Waals surface area contributed by atoms with Crippen LogP contribution in [0.1, 0.15) is 30.9 Å². The van der Waals surface area contributed by atoms with Gasteiger partial charge in [-0.2, -0.15) is 0 Å². The molecule has 20 heavy (non-hydrogen) atoms. The van der Waals surface area contributed by atoms with Crippen molar-refractivity contribution in [1.29, 1.82) is 0 Å². The highest BCUT2D eigenvalue weighted by Gasteiger charge is 2.31. The van der Waals surface area contributed by atoms with Crippen LogP contribution in [0.2, 0.25) is 0 Å². The Morgan fingerprint density at radius 1 is 1.10 bits per heavy atom. The van der Waals surface area contributed by atoms with E-state index in [4.69, 9.17) is 4.74 Å². The summed E-state index contributed by atoms with van der Waals surface area (Å²) in [4.78, 5) is 11.2. The van der Waals surface area contributed by atoms with E-state index in [1.54, 1.807) is 0 Å². The minimum absolute atomic E-state index is 0.595. The predicted molar refractivity (Wildman–Crippen MR) is 75.8 cm³/mol. The number of likely N-dealkylation sites (tertiary alicyclic amines) is 1. The summed E-state index contributed by atoms with van der Waals surface area (Å²) < 4.78 is 7.61. The molecule has 0 saturated carbocycles. The van der Waals surface area contributed by atoms with E-state index in [0.29, 0.717) is 12.0 Å². The van der Waals surface area contributed by atoms with E-state index in [-0.39, 0.29) is 0 Å². The first-order valence-electron chi connectivity index (χ1n) is 7.51. The molecule has 2 aliphatic heterocycles. The van der Waals surface area contributed by atoms with Gasteiger partial charge in [0.15, 0.2) is 0 Å². The number of nitrogens with zero attached hydrogens (tertiary/aromatic N) is 4. The standard InChI is InChI=1S/C15H20N4O/c1-5-16-15-17-6-8-19(15)14(1)12-2-7-18(11-12)13-3-9-20-10-4-13/h1,5-6,8,12-13H,2-4,7,9-11H2/t12-/m0/s1. The number of rotatable bonds is 2. The molecule has 0 aromatic carbocycles. The molecule has 2 aromatic heterocycles. The van der Waals surface area contributed by atoms with E-state index >= 15 is 0 Å². The molecule has 2 saturated heterocycles. The Kier molecular flexibility index (Phi) is 3.16. The van der Waals surface area contributed by atoms with Gasteiger partial charge in [0, 0.05) is 56.0 Å². The zero-order valence-electron chi connectivity index (χ0n) is 11.6. The highest BCUT2D eigenvalue weighted by atomic mass is 16.5. The van der Waals surface area contributed by atoms with Crippen LogP contribution in [0.25, 0.3) is 5.78 Å². The van der Waals surface area contributed by atoms with E-state index in [0.717, 1.165) is 25.5 Å². The third-order valence-corrected chi connectivity index (χ3v) is 4.68. The second kappa shape index (κ2) is 5.14. The molecule has 2 fully saturated rings. The maximum absolute atomic E-state index is 5.47. The van der Waals surface area contributed by atoms with Crippen LogP contribution in [0.4, 0.5) is 0 Å². The third-order valence-electron chi connectivity index (χ3n) is 4.68. The number of hydrogen-bond donors (Lipinski definition) is 0. The summed E-state index contributed by atoms with van der Waals surface area (Å²) >= 11 is 0. The molecule has 0 amide bonds. The third kappa shape index (κ3) is 2.11. The van der Waals surface area contributed by atoms with Crippen LogP contribution in [-0.4, -0.2) is 51.6 Å². The van der Waals surface area contributed by atoms with Gasteiger partial charge in [-0.3, -0.25) is 9.30 Å². The van der Waals surface area contributed by atoms with Gasteiger partial charge < -0.3 is 4.74 Å². The van der Waals surface area contributed by atoms with Crippen molar-refractivity contribution in [3.8, 4) is 0 Å². The Morgan fingerprint density at radius 2 is 1.95 bits per heavy atom. The van der Waals surface area contributed by atoms with Crippen molar-refractivity contribution < 1.29 is 4.74 Å². The summed E-state index contributed by atoms with van der Waals surface area (Å²) in [5.41, 5.74) is 1.35. The lowest BCUT2D eigenvalue weighted by Gasteiger charge is -2.31. The molecule has 0 spiro atoms. The van der Waals surface area contributed by atoms with Gasteiger partial charge in [0.1, 0.15) is 0 Å². The highest BCUT2D eigenvalue weighted by Crippen LogP contribution is 2.30. The average Bonchev–Trinajstić information content (AvgIpc) is 3.17. The average molecular weight is 272 g/mol. The van der Waals surface area contributed by atoms with Crippen LogP contribution in [0, 0.1) is 0 Å². The molecule has 2 aromatic rings. The van der Waals surface area contributed by atoms with Gasteiger partial charge in [-0.15, -0.1) is 0 Å². The van der Waals surface area contributed by atoms with Crippen LogP contribution in [-0.2, 0) is 4.74 Å². The second-order valence-electron chi connectivity index (χ2n) is 5.79. The van der Waals surface area contributed by atoms with Crippen LogP contribution in [0.3, 0.4) is 0 Å². The van der Waals surface area contributed by atoms with E-state index in [9.17, 15) is 0 Å². The van der Waals surface area contributed by atoms with Crippen molar-refractivity contribution >= 4 is 5.78 Å². The predicted octanol–water partition coefficient (Wildman–Crippen LogP) is 1.70. The van der Waals surface area contributed by atoms with E-state index in [1.807, 2.05) is 18.6 Å². The number of hydrogen-bond acceptors (Lipinski definition) is 4. The quantitative estimate of drug-likeness (QED) is 0.834. The van der Waals surface area contributed by atoms with Crippen LogP contribution >= 0.6 is 0 Å². The summed E-state index contributed by atoms with van der Waals surface area (Å²) in [6.07, 6.45) is 9.34. The number of ether oxygens (including phenoxy) is 1. The SMILES string of the molecule is c1cc([C@H]2CCN(C3CCOCC3)C2)n2ccnc2n1. The summed E-state index contributed by atoms with van der Waals surface area (Å²) in [6, 6.07) is 2.86. The summed E-state index contributed by atoms with van der Waals surface area (Å²) in [6.45, 7) is 4.20. The van der Waals surface area contributed by atoms with Crippen molar-refractivity contribution in [3.05, 3.63) is 30.4 Å². The molecule has 0 aliphatic carbocycles. The summed E-state index contributed by atoms with van der Waals surface area (Å²) in [5.74, 6) is 1.41. The zero-order valence-corrected chi connectivity index (χ0v) is 11.6. The first-order chi connectivity index (χ1) is 9.92. The van der Waals surface area contributed by atoms with Crippen molar-refractivity contribution in [1.82, 2.24) is 19.3 Å². The van der Waals surface area contributed by atoms with Crippen molar-refractivity contribution in [2.75, 3.05) is 26.3 Å². The smallest absolute Gasteiger partial charge is 0.233 e. The Hall–Kier alpha value is -1.46. The highest BCUT2D eigenvalue weighted by molar-refractivity contribution is 5.31. The fraction of sp³-hybridized carbons (Fsp3) is 0.600. The molecule has 0 N–H and O–H groups in total. The van der Waals surface area contributed by atoms with E-state index in [2.05, 4.69) is 25.3 Å². The lowest BCUT2D eigenvalue weighted by atomic mass is 10.0. The molecular formula is C15H20N4O. The molecular weight excluding hydrogens is 252 g/mol. The fourth-order valence-electron chi connectivity index (χ4n) is 3.60. The first-order valence-corrected chi connectivity index (χ1v) is 7.51. The van der Waals surface area contributed by atoms with Crippen molar-refractivity contribution in [3.63, 3.8) is 0 Å². The van der Waals surface area contributed by atoms with Gasteiger partial charge in [-0.05, 0) is 31.9 Å².